The maximum absolute atomic E-state index is 12.8. The van der Waals surface area contributed by atoms with E-state index >= 15 is 0 Å². The summed E-state index contributed by atoms with van der Waals surface area (Å²) < 4.78 is 44.4. The van der Waals surface area contributed by atoms with E-state index in [1.807, 2.05) is 6.07 Å². The van der Waals surface area contributed by atoms with E-state index in [0.29, 0.717) is 24.4 Å². The number of carbonyl (C=O) groups excluding carboxylic acids is 1. The van der Waals surface area contributed by atoms with Gasteiger partial charge in [0, 0.05) is 17.4 Å². The van der Waals surface area contributed by atoms with Crippen LogP contribution in [-0.4, -0.2) is 40.3 Å². The molecule has 0 unspecified atom stereocenters. The highest BCUT2D eigenvalue weighted by atomic mass is 79.9. The van der Waals surface area contributed by atoms with Crippen LogP contribution in [0.3, 0.4) is 0 Å². The molecule has 0 spiro atoms. The number of sulfonamides is 1. The van der Waals surface area contributed by atoms with Crippen molar-refractivity contribution >= 4 is 37.5 Å². The lowest BCUT2D eigenvalue weighted by Gasteiger charge is -2.22. The lowest BCUT2D eigenvalue weighted by Crippen LogP contribution is -2.32. The Morgan fingerprint density at radius 1 is 1.21 bits per heavy atom. The highest BCUT2D eigenvalue weighted by molar-refractivity contribution is 9.10. The second kappa shape index (κ2) is 10.4. The maximum Gasteiger partial charge on any atom is 0.232 e. The summed E-state index contributed by atoms with van der Waals surface area (Å²) in [6.45, 7) is 0.761. The molecule has 0 heterocycles. The number of rotatable bonds is 10. The molecular weight excluding hydrogens is 451 g/mol. The number of benzene rings is 2. The molecule has 2 aromatic rings. The molecule has 0 aliphatic carbocycles. The lowest BCUT2D eigenvalue weighted by atomic mass is 10.2. The van der Waals surface area contributed by atoms with Gasteiger partial charge in [-0.1, -0.05) is 22.0 Å². The standard InChI is InChI=1S/C19H22BrFN2O4S/c1-28(25,26)23(17-5-2-4-15(20)14-17)12-3-6-19(24)22-11-13-27-18-9-7-16(21)8-10-18/h2,4-5,7-10,14H,3,6,11-13H2,1H3,(H,22,24). The Morgan fingerprint density at radius 3 is 2.57 bits per heavy atom. The Hall–Kier alpha value is -2.13. The van der Waals surface area contributed by atoms with Crippen LogP contribution in [0.1, 0.15) is 12.8 Å². The molecule has 0 fully saturated rings. The number of nitrogens with zero attached hydrogens (tertiary/aromatic N) is 1. The summed E-state index contributed by atoms with van der Waals surface area (Å²) in [7, 11) is -3.45. The Balaban J connectivity index is 1.74. The van der Waals surface area contributed by atoms with E-state index in [9.17, 15) is 17.6 Å². The molecule has 2 aromatic carbocycles. The van der Waals surface area contributed by atoms with Crippen molar-refractivity contribution in [2.75, 3.05) is 30.3 Å². The molecule has 0 atom stereocenters. The average Bonchev–Trinajstić information content (AvgIpc) is 2.63. The van der Waals surface area contributed by atoms with E-state index < -0.39 is 10.0 Å². The molecular formula is C19H22BrFN2O4S. The summed E-state index contributed by atoms with van der Waals surface area (Å²) in [6.07, 6.45) is 1.71. The second-order valence-corrected chi connectivity index (χ2v) is 8.89. The smallest absolute Gasteiger partial charge is 0.232 e. The van der Waals surface area contributed by atoms with Crippen molar-refractivity contribution in [2.45, 2.75) is 12.8 Å². The normalized spacial score (nSPS) is 11.1. The van der Waals surface area contributed by atoms with Gasteiger partial charge in [-0.2, -0.15) is 0 Å². The van der Waals surface area contributed by atoms with Crippen molar-refractivity contribution in [1.82, 2.24) is 5.32 Å². The number of nitrogens with one attached hydrogen (secondary N) is 1. The highest BCUT2D eigenvalue weighted by Gasteiger charge is 2.17. The maximum atomic E-state index is 12.8. The van der Waals surface area contributed by atoms with Crippen molar-refractivity contribution in [2.24, 2.45) is 0 Å². The minimum Gasteiger partial charge on any atom is -0.492 e. The topological polar surface area (TPSA) is 75.7 Å². The number of hydrogen-bond acceptors (Lipinski definition) is 4. The summed E-state index contributed by atoms with van der Waals surface area (Å²) in [6, 6.07) is 12.6. The quantitative estimate of drug-likeness (QED) is 0.538. The predicted molar refractivity (Wildman–Crippen MR) is 110 cm³/mol. The van der Waals surface area contributed by atoms with Gasteiger partial charge in [0.25, 0.3) is 0 Å². The monoisotopic (exact) mass is 472 g/mol. The average molecular weight is 473 g/mol. The van der Waals surface area contributed by atoms with Crippen molar-refractivity contribution in [3.05, 3.63) is 58.8 Å². The highest BCUT2D eigenvalue weighted by Crippen LogP contribution is 2.22. The minimum absolute atomic E-state index is 0.189. The molecule has 0 saturated heterocycles. The molecule has 0 radical (unpaired) electrons. The van der Waals surface area contributed by atoms with Crippen LogP contribution in [0.15, 0.2) is 53.0 Å². The third-order valence-electron chi connectivity index (χ3n) is 3.77. The zero-order valence-electron chi connectivity index (χ0n) is 15.4. The van der Waals surface area contributed by atoms with Gasteiger partial charge in [-0.15, -0.1) is 0 Å². The number of anilines is 1. The largest absolute Gasteiger partial charge is 0.492 e. The van der Waals surface area contributed by atoms with Crippen LogP contribution in [0, 0.1) is 5.82 Å². The van der Waals surface area contributed by atoms with Gasteiger partial charge in [-0.05, 0) is 48.9 Å². The van der Waals surface area contributed by atoms with E-state index in [1.165, 1.54) is 28.6 Å². The summed E-state index contributed by atoms with van der Waals surface area (Å²) >= 11 is 3.33. The molecule has 2 rings (SSSR count). The predicted octanol–water partition coefficient (Wildman–Crippen LogP) is 3.33. The van der Waals surface area contributed by atoms with Crippen molar-refractivity contribution in [1.29, 1.82) is 0 Å². The molecule has 1 amide bonds. The van der Waals surface area contributed by atoms with E-state index in [1.54, 1.807) is 18.2 Å². The molecule has 1 N–H and O–H groups in total. The third-order valence-corrected chi connectivity index (χ3v) is 5.46. The van der Waals surface area contributed by atoms with Gasteiger partial charge in [0.05, 0.1) is 18.5 Å². The Morgan fingerprint density at radius 2 is 1.93 bits per heavy atom. The van der Waals surface area contributed by atoms with E-state index in [4.69, 9.17) is 4.74 Å². The SMILES string of the molecule is CS(=O)(=O)N(CCCC(=O)NCCOc1ccc(F)cc1)c1cccc(Br)c1. The first-order valence-electron chi connectivity index (χ1n) is 8.64. The van der Waals surface area contributed by atoms with Crippen LogP contribution in [0.25, 0.3) is 0 Å². The number of ether oxygens (including phenoxy) is 1. The molecule has 0 aliphatic rings. The molecule has 0 saturated carbocycles. The fourth-order valence-electron chi connectivity index (χ4n) is 2.48. The van der Waals surface area contributed by atoms with Gasteiger partial charge in [-0.25, -0.2) is 12.8 Å². The van der Waals surface area contributed by atoms with Gasteiger partial charge in [0.2, 0.25) is 15.9 Å². The van der Waals surface area contributed by atoms with E-state index in [2.05, 4.69) is 21.2 Å². The summed E-state index contributed by atoms with van der Waals surface area (Å²) in [4.78, 5) is 11.9. The fourth-order valence-corrected chi connectivity index (χ4v) is 3.82. The molecule has 6 nitrogen and oxygen atoms in total. The lowest BCUT2D eigenvalue weighted by molar-refractivity contribution is -0.121. The number of hydrogen-bond donors (Lipinski definition) is 1. The van der Waals surface area contributed by atoms with Crippen molar-refractivity contribution in [3.63, 3.8) is 0 Å². The summed E-state index contributed by atoms with van der Waals surface area (Å²) in [5, 5.41) is 2.71. The van der Waals surface area contributed by atoms with Gasteiger partial charge in [0.15, 0.2) is 0 Å². The van der Waals surface area contributed by atoms with Crippen LogP contribution in [0.4, 0.5) is 10.1 Å². The number of amides is 1. The van der Waals surface area contributed by atoms with Crippen LogP contribution in [0.5, 0.6) is 5.75 Å². The second-order valence-electron chi connectivity index (χ2n) is 6.07. The Bertz CT molecular complexity index is 891. The first-order valence-corrected chi connectivity index (χ1v) is 11.3. The zero-order chi connectivity index (χ0) is 20.6. The summed E-state index contributed by atoms with van der Waals surface area (Å²) in [5.74, 6) is -0.00878. The Kier molecular flexibility index (Phi) is 8.25. The van der Waals surface area contributed by atoms with Gasteiger partial charge in [0.1, 0.15) is 18.2 Å². The molecule has 9 heteroatoms. The molecule has 0 aromatic heterocycles. The van der Waals surface area contributed by atoms with E-state index in [0.717, 1.165) is 10.7 Å². The number of halogens is 2. The molecule has 152 valence electrons. The first-order chi connectivity index (χ1) is 13.3. The molecule has 0 aliphatic heterocycles. The van der Waals surface area contributed by atoms with Crippen molar-refractivity contribution in [3.8, 4) is 5.75 Å². The zero-order valence-corrected chi connectivity index (χ0v) is 17.8. The summed E-state index contributed by atoms with van der Waals surface area (Å²) in [5.41, 5.74) is 0.546. The van der Waals surface area contributed by atoms with Gasteiger partial charge < -0.3 is 10.1 Å². The minimum atomic E-state index is -3.45. The van der Waals surface area contributed by atoms with Crippen LogP contribution >= 0.6 is 15.9 Å². The van der Waals surface area contributed by atoms with Crippen LogP contribution < -0.4 is 14.4 Å². The van der Waals surface area contributed by atoms with E-state index in [-0.39, 0.29) is 31.3 Å². The molecule has 28 heavy (non-hydrogen) atoms. The Labute approximate surface area is 172 Å². The number of carbonyl (C=O) groups is 1. The molecule has 0 bridgehead atoms. The van der Waals surface area contributed by atoms with Crippen LogP contribution in [0.2, 0.25) is 0 Å². The van der Waals surface area contributed by atoms with Gasteiger partial charge >= 0.3 is 0 Å². The first kappa shape index (κ1) is 22.2. The third kappa shape index (κ3) is 7.47. The van der Waals surface area contributed by atoms with Gasteiger partial charge in [-0.3, -0.25) is 9.10 Å². The van der Waals surface area contributed by atoms with Crippen LogP contribution in [-0.2, 0) is 14.8 Å². The fraction of sp³-hybridized carbons (Fsp3) is 0.316. The van der Waals surface area contributed by atoms with Crippen molar-refractivity contribution < 1.29 is 22.3 Å².